The fraction of sp³-hybridized carbons (Fsp3) is 0.889. The molecule has 0 bridgehead atoms. The second-order valence-corrected chi connectivity index (χ2v) is 4.97. The van der Waals surface area contributed by atoms with Crippen molar-refractivity contribution in [2.75, 3.05) is 26.7 Å². The molecule has 0 saturated heterocycles. The first-order chi connectivity index (χ1) is 7.47. The summed E-state index contributed by atoms with van der Waals surface area (Å²) in [6.45, 7) is 4.48. The standard InChI is InChI=1S/C9H20N2O4S/c1-4-7-10-16(13,14)11(5-2)8-6-9(12)15-3/h10H,4-8H2,1-3H3. The summed E-state index contributed by atoms with van der Waals surface area (Å²) in [5, 5.41) is 0. The van der Waals surface area contributed by atoms with Crippen molar-refractivity contribution in [2.24, 2.45) is 0 Å². The Morgan fingerprint density at radius 1 is 1.38 bits per heavy atom. The number of nitrogens with one attached hydrogen (secondary N) is 1. The van der Waals surface area contributed by atoms with Gasteiger partial charge in [0.05, 0.1) is 13.5 Å². The van der Waals surface area contributed by atoms with E-state index in [4.69, 9.17) is 0 Å². The van der Waals surface area contributed by atoms with Gasteiger partial charge in [-0.1, -0.05) is 13.8 Å². The van der Waals surface area contributed by atoms with Crippen LogP contribution in [-0.2, 0) is 19.7 Å². The first kappa shape index (κ1) is 15.3. The molecule has 0 unspecified atom stereocenters. The lowest BCUT2D eigenvalue weighted by atomic mass is 10.4. The third kappa shape index (κ3) is 5.43. The summed E-state index contributed by atoms with van der Waals surface area (Å²) in [5.74, 6) is -0.413. The van der Waals surface area contributed by atoms with Gasteiger partial charge >= 0.3 is 5.97 Å². The van der Waals surface area contributed by atoms with E-state index >= 15 is 0 Å². The second-order valence-electron chi connectivity index (χ2n) is 3.22. The molecule has 0 aliphatic carbocycles. The van der Waals surface area contributed by atoms with Crippen molar-refractivity contribution in [1.29, 1.82) is 0 Å². The van der Waals surface area contributed by atoms with E-state index in [1.54, 1.807) is 6.92 Å². The quantitative estimate of drug-likeness (QED) is 0.622. The Morgan fingerprint density at radius 3 is 2.44 bits per heavy atom. The van der Waals surface area contributed by atoms with Gasteiger partial charge in [-0.25, -0.2) is 4.72 Å². The minimum absolute atomic E-state index is 0.0668. The molecule has 16 heavy (non-hydrogen) atoms. The highest BCUT2D eigenvalue weighted by atomic mass is 32.2. The van der Waals surface area contributed by atoms with Gasteiger partial charge in [0.2, 0.25) is 0 Å². The Bertz CT molecular complexity index is 303. The lowest BCUT2D eigenvalue weighted by Gasteiger charge is -2.19. The molecule has 0 aliphatic rings. The number of nitrogens with zero attached hydrogens (tertiary/aromatic N) is 1. The van der Waals surface area contributed by atoms with Gasteiger partial charge in [0.1, 0.15) is 0 Å². The van der Waals surface area contributed by atoms with Crippen LogP contribution in [0.4, 0.5) is 0 Å². The number of esters is 1. The van der Waals surface area contributed by atoms with Crippen LogP contribution in [0.25, 0.3) is 0 Å². The molecular weight excluding hydrogens is 232 g/mol. The van der Waals surface area contributed by atoms with Crippen LogP contribution in [0.5, 0.6) is 0 Å². The highest BCUT2D eigenvalue weighted by Crippen LogP contribution is 2.00. The molecule has 0 saturated carbocycles. The molecule has 0 rings (SSSR count). The van der Waals surface area contributed by atoms with Crippen molar-refractivity contribution in [1.82, 2.24) is 9.03 Å². The summed E-state index contributed by atoms with van der Waals surface area (Å²) >= 11 is 0. The normalized spacial score (nSPS) is 11.8. The number of methoxy groups -OCH3 is 1. The van der Waals surface area contributed by atoms with Gasteiger partial charge in [-0.2, -0.15) is 12.7 Å². The zero-order valence-electron chi connectivity index (χ0n) is 10.0. The summed E-state index contributed by atoms with van der Waals surface area (Å²) < 4.78 is 31.5. The average molecular weight is 252 g/mol. The van der Waals surface area contributed by atoms with Crippen LogP contribution < -0.4 is 4.72 Å². The third-order valence-corrected chi connectivity index (χ3v) is 3.71. The number of hydrogen-bond donors (Lipinski definition) is 1. The van der Waals surface area contributed by atoms with E-state index in [2.05, 4.69) is 9.46 Å². The van der Waals surface area contributed by atoms with Crippen molar-refractivity contribution < 1.29 is 17.9 Å². The van der Waals surface area contributed by atoms with Gasteiger partial charge in [0.15, 0.2) is 0 Å². The molecule has 0 aromatic rings. The molecule has 0 atom stereocenters. The molecule has 0 aromatic heterocycles. The van der Waals surface area contributed by atoms with Crippen molar-refractivity contribution in [3.63, 3.8) is 0 Å². The molecule has 0 radical (unpaired) electrons. The molecule has 0 spiro atoms. The number of ether oxygens (including phenoxy) is 1. The summed E-state index contributed by atoms with van der Waals surface area (Å²) in [4.78, 5) is 10.9. The monoisotopic (exact) mass is 252 g/mol. The van der Waals surface area contributed by atoms with Crippen LogP contribution >= 0.6 is 0 Å². The van der Waals surface area contributed by atoms with E-state index in [1.165, 1.54) is 11.4 Å². The zero-order chi connectivity index (χ0) is 12.6. The SMILES string of the molecule is CCCNS(=O)(=O)N(CC)CCC(=O)OC. The fourth-order valence-corrected chi connectivity index (χ4v) is 2.40. The summed E-state index contributed by atoms with van der Waals surface area (Å²) in [6.07, 6.45) is 0.797. The van der Waals surface area contributed by atoms with Gasteiger partial charge < -0.3 is 4.74 Å². The van der Waals surface area contributed by atoms with Gasteiger partial charge in [0.25, 0.3) is 10.2 Å². The third-order valence-electron chi connectivity index (χ3n) is 2.02. The van der Waals surface area contributed by atoms with Crippen LogP contribution in [0, 0.1) is 0 Å². The molecule has 0 aliphatic heterocycles. The predicted octanol–water partition coefficient (Wildman–Crippen LogP) is 0.116. The zero-order valence-corrected chi connectivity index (χ0v) is 10.8. The Balaban J connectivity index is 4.31. The van der Waals surface area contributed by atoms with Crippen LogP contribution in [0.3, 0.4) is 0 Å². The van der Waals surface area contributed by atoms with Crippen molar-refractivity contribution in [3.05, 3.63) is 0 Å². The minimum Gasteiger partial charge on any atom is -0.469 e. The molecule has 0 fully saturated rings. The lowest BCUT2D eigenvalue weighted by Crippen LogP contribution is -2.41. The van der Waals surface area contributed by atoms with Crippen molar-refractivity contribution in [2.45, 2.75) is 26.7 Å². The number of hydrogen-bond acceptors (Lipinski definition) is 4. The highest BCUT2D eigenvalue weighted by molar-refractivity contribution is 7.87. The van der Waals surface area contributed by atoms with Gasteiger partial charge in [-0.3, -0.25) is 4.79 Å². The van der Waals surface area contributed by atoms with Crippen molar-refractivity contribution in [3.8, 4) is 0 Å². The lowest BCUT2D eigenvalue weighted by molar-refractivity contribution is -0.140. The van der Waals surface area contributed by atoms with Gasteiger partial charge in [-0.15, -0.1) is 0 Å². The topological polar surface area (TPSA) is 75.7 Å². The Kier molecular flexibility index (Phi) is 7.27. The molecule has 6 nitrogen and oxygen atoms in total. The van der Waals surface area contributed by atoms with E-state index < -0.39 is 16.2 Å². The maximum atomic E-state index is 11.7. The minimum atomic E-state index is -3.46. The van der Waals surface area contributed by atoms with Gasteiger partial charge in [0, 0.05) is 19.6 Å². The van der Waals surface area contributed by atoms with E-state index in [0.717, 1.165) is 6.42 Å². The maximum absolute atomic E-state index is 11.7. The Labute approximate surface area is 97.1 Å². The summed E-state index contributed by atoms with van der Waals surface area (Å²) in [7, 11) is -2.18. The summed E-state index contributed by atoms with van der Waals surface area (Å²) in [6, 6.07) is 0. The molecule has 0 amide bonds. The number of carbonyl (C=O) groups excluding carboxylic acids is 1. The van der Waals surface area contributed by atoms with Crippen LogP contribution in [0.1, 0.15) is 26.7 Å². The first-order valence-electron chi connectivity index (χ1n) is 5.29. The molecule has 0 aromatic carbocycles. The number of rotatable bonds is 8. The molecule has 96 valence electrons. The smallest absolute Gasteiger partial charge is 0.306 e. The number of carbonyl (C=O) groups is 1. The van der Waals surface area contributed by atoms with E-state index in [0.29, 0.717) is 13.1 Å². The molecule has 0 heterocycles. The van der Waals surface area contributed by atoms with Crippen molar-refractivity contribution >= 4 is 16.2 Å². The molecule has 7 heteroatoms. The molecular formula is C9H20N2O4S. The average Bonchev–Trinajstić information content (AvgIpc) is 2.26. The van der Waals surface area contributed by atoms with E-state index in [1.807, 2.05) is 6.92 Å². The predicted molar refractivity (Wildman–Crippen MR) is 61.1 cm³/mol. The maximum Gasteiger partial charge on any atom is 0.306 e. The molecule has 1 N–H and O–H groups in total. The van der Waals surface area contributed by atoms with E-state index in [-0.39, 0.29) is 13.0 Å². The Morgan fingerprint density at radius 2 is 2.00 bits per heavy atom. The highest BCUT2D eigenvalue weighted by Gasteiger charge is 2.20. The van der Waals surface area contributed by atoms with Crippen LogP contribution in [0.2, 0.25) is 0 Å². The van der Waals surface area contributed by atoms with Gasteiger partial charge in [-0.05, 0) is 6.42 Å². The van der Waals surface area contributed by atoms with Crippen LogP contribution in [-0.4, -0.2) is 45.4 Å². The van der Waals surface area contributed by atoms with Crippen LogP contribution in [0.15, 0.2) is 0 Å². The summed E-state index contributed by atoms with van der Waals surface area (Å²) in [5.41, 5.74) is 0. The second kappa shape index (κ2) is 7.59. The fourth-order valence-electron chi connectivity index (χ4n) is 1.09. The Hall–Kier alpha value is -0.660. The van der Waals surface area contributed by atoms with E-state index in [9.17, 15) is 13.2 Å². The largest absolute Gasteiger partial charge is 0.469 e. The first-order valence-corrected chi connectivity index (χ1v) is 6.73.